The van der Waals surface area contributed by atoms with Crippen molar-refractivity contribution in [3.05, 3.63) is 41.7 Å². The van der Waals surface area contributed by atoms with Crippen molar-refractivity contribution in [2.75, 3.05) is 11.1 Å². The molecule has 1 aromatic heterocycles. The zero-order valence-corrected chi connectivity index (χ0v) is 16.7. The minimum absolute atomic E-state index is 0.155. The molecule has 0 spiro atoms. The van der Waals surface area contributed by atoms with Gasteiger partial charge in [0.25, 0.3) is 0 Å². The topological polar surface area (TPSA) is 101 Å². The maximum atomic E-state index is 12.1. The Labute approximate surface area is 158 Å². The zero-order chi connectivity index (χ0) is 19.3. The van der Waals surface area contributed by atoms with E-state index in [0.717, 1.165) is 11.4 Å². The van der Waals surface area contributed by atoms with Crippen molar-refractivity contribution >= 4 is 33.4 Å². The van der Waals surface area contributed by atoms with E-state index < -0.39 is 10.0 Å². The van der Waals surface area contributed by atoms with Gasteiger partial charge in [-0.3, -0.25) is 4.79 Å². The number of carbonyl (C=O) groups is 1. The van der Waals surface area contributed by atoms with Gasteiger partial charge in [-0.25, -0.2) is 23.1 Å². The van der Waals surface area contributed by atoms with E-state index in [1.165, 1.54) is 23.9 Å². The van der Waals surface area contributed by atoms with Crippen molar-refractivity contribution in [2.24, 2.45) is 0 Å². The predicted octanol–water partition coefficient (Wildman–Crippen LogP) is 2.51. The van der Waals surface area contributed by atoms with Crippen LogP contribution < -0.4 is 10.0 Å². The Morgan fingerprint density at radius 1 is 1.12 bits per heavy atom. The van der Waals surface area contributed by atoms with E-state index in [2.05, 4.69) is 20.0 Å². The third-order valence-corrected chi connectivity index (χ3v) is 5.66. The quantitative estimate of drug-likeness (QED) is 0.553. The van der Waals surface area contributed by atoms with Crippen molar-refractivity contribution in [3.63, 3.8) is 0 Å². The van der Waals surface area contributed by atoms with Crippen molar-refractivity contribution in [3.8, 4) is 0 Å². The summed E-state index contributed by atoms with van der Waals surface area (Å²) in [6, 6.07) is 7.72. The molecule has 0 aliphatic rings. The summed E-state index contributed by atoms with van der Waals surface area (Å²) in [6.45, 7) is 7.26. The number of aryl methyl sites for hydroxylation is 2. The first-order valence-electron chi connectivity index (χ1n) is 8.03. The number of nitrogens with one attached hydrogen (secondary N) is 2. The third-order valence-electron chi connectivity index (χ3n) is 3.13. The Hall–Kier alpha value is -1.97. The molecule has 2 aromatic rings. The first-order valence-corrected chi connectivity index (χ1v) is 10.5. The Balaban J connectivity index is 1.95. The van der Waals surface area contributed by atoms with Crippen LogP contribution in [0, 0.1) is 13.8 Å². The predicted molar refractivity (Wildman–Crippen MR) is 103 cm³/mol. The van der Waals surface area contributed by atoms with Gasteiger partial charge in [-0.15, -0.1) is 0 Å². The van der Waals surface area contributed by atoms with E-state index in [9.17, 15) is 13.2 Å². The Morgan fingerprint density at radius 3 is 2.23 bits per heavy atom. The summed E-state index contributed by atoms with van der Waals surface area (Å²) in [7, 11) is -3.54. The highest BCUT2D eigenvalue weighted by Crippen LogP contribution is 2.17. The van der Waals surface area contributed by atoms with Gasteiger partial charge in [0, 0.05) is 23.1 Å². The highest BCUT2D eigenvalue weighted by Gasteiger charge is 2.15. The minimum atomic E-state index is -3.54. The molecular formula is C17H22N4O3S2. The summed E-state index contributed by atoms with van der Waals surface area (Å²) >= 11 is 1.25. The summed E-state index contributed by atoms with van der Waals surface area (Å²) in [4.78, 5) is 20.8. The Morgan fingerprint density at radius 2 is 1.69 bits per heavy atom. The second-order valence-corrected chi connectivity index (χ2v) is 8.73. The van der Waals surface area contributed by atoms with Gasteiger partial charge in [-0.1, -0.05) is 11.8 Å². The van der Waals surface area contributed by atoms with Crippen LogP contribution in [0.3, 0.4) is 0 Å². The number of rotatable bonds is 7. The van der Waals surface area contributed by atoms with Crippen LogP contribution in [-0.4, -0.2) is 36.1 Å². The fourth-order valence-corrected chi connectivity index (χ4v) is 4.18. The van der Waals surface area contributed by atoms with Crippen LogP contribution in [0.2, 0.25) is 0 Å². The molecule has 9 heteroatoms. The molecule has 0 aliphatic heterocycles. The molecule has 0 saturated carbocycles. The van der Waals surface area contributed by atoms with Gasteiger partial charge < -0.3 is 5.32 Å². The van der Waals surface area contributed by atoms with Crippen LogP contribution in [0.25, 0.3) is 0 Å². The number of carbonyl (C=O) groups excluding carboxylic acids is 1. The first kappa shape index (κ1) is 20.3. The standard InChI is InChI=1S/C17H22N4O3S2/c1-11(2)21-26(23,24)15-7-5-14(6-8-15)20-16(22)10-25-17-18-12(3)9-13(4)19-17/h5-9,11,21H,10H2,1-4H3,(H,20,22). The number of hydrogen-bond donors (Lipinski definition) is 2. The van der Waals surface area contributed by atoms with E-state index in [1.54, 1.807) is 26.0 Å². The van der Waals surface area contributed by atoms with E-state index in [4.69, 9.17) is 0 Å². The number of benzene rings is 1. The smallest absolute Gasteiger partial charge is 0.240 e. The molecule has 0 radical (unpaired) electrons. The maximum Gasteiger partial charge on any atom is 0.240 e. The third kappa shape index (κ3) is 6.08. The lowest BCUT2D eigenvalue weighted by atomic mass is 10.3. The van der Waals surface area contributed by atoms with Gasteiger partial charge in [-0.2, -0.15) is 0 Å². The normalized spacial score (nSPS) is 11.6. The Bertz CT molecular complexity index is 861. The molecule has 0 unspecified atom stereocenters. The van der Waals surface area contributed by atoms with Crippen LogP contribution >= 0.6 is 11.8 Å². The lowest BCUT2D eigenvalue weighted by molar-refractivity contribution is -0.113. The second kappa shape index (κ2) is 8.61. The van der Waals surface area contributed by atoms with Crippen LogP contribution in [-0.2, 0) is 14.8 Å². The summed E-state index contributed by atoms with van der Waals surface area (Å²) in [5.74, 6) is -0.0497. The summed E-state index contributed by atoms with van der Waals surface area (Å²) < 4.78 is 26.7. The molecule has 0 bridgehead atoms. The molecule has 7 nitrogen and oxygen atoms in total. The van der Waals surface area contributed by atoms with Gasteiger partial charge >= 0.3 is 0 Å². The minimum Gasteiger partial charge on any atom is -0.325 e. The van der Waals surface area contributed by atoms with E-state index in [0.29, 0.717) is 10.8 Å². The van der Waals surface area contributed by atoms with Gasteiger partial charge in [0.15, 0.2) is 5.16 Å². The molecule has 1 aromatic carbocycles. The van der Waals surface area contributed by atoms with Crippen molar-refractivity contribution in [2.45, 2.75) is 43.8 Å². The fraction of sp³-hybridized carbons (Fsp3) is 0.353. The summed E-state index contributed by atoms with van der Waals surface area (Å²) in [6.07, 6.45) is 0. The largest absolute Gasteiger partial charge is 0.325 e. The summed E-state index contributed by atoms with van der Waals surface area (Å²) in [5.41, 5.74) is 2.24. The van der Waals surface area contributed by atoms with Gasteiger partial charge in [-0.05, 0) is 58.0 Å². The lowest BCUT2D eigenvalue weighted by Crippen LogP contribution is -2.30. The molecule has 0 fully saturated rings. The number of aromatic nitrogens is 2. The number of nitrogens with zero attached hydrogens (tertiary/aromatic N) is 2. The molecule has 2 N–H and O–H groups in total. The monoisotopic (exact) mass is 394 g/mol. The molecule has 140 valence electrons. The van der Waals surface area contributed by atoms with Crippen LogP contribution in [0.15, 0.2) is 40.4 Å². The molecule has 26 heavy (non-hydrogen) atoms. The van der Waals surface area contributed by atoms with Crippen LogP contribution in [0.1, 0.15) is 25.2 Å². The van der Waals surface area contributed by atoms with E-state index in [1.807, 2.05) is 19.9 Å². The second-order valence-electron chi connectivity index (χ2n) is 6.07. The molecule has 0 saturated heterocycles. The molecule has 2 rings (SSSR count). The number of amides is 1. The first-order chi connectivity index (χ1) is 12.2. The zero-order valence-electron chi connectivity index (χ0n) is 15.1. The number of hydrogen-bond acceptors (Lipinski definition) is 6. The molecule has 0 atom stereocenters. The number of anilines is 1. The maximum absolute atomic E-state index is 12.1. The van der Waals surface area contributed by atoms with E-state index in [-0.39, 0.29) is 22.6 Å². The van der Waals surface area contributed by atoms with Crippen molar-refractivity contribution in [1.29, 1.82) is 0 Å². The van der Waals surface area contributed by atoms with Gasteiger partial charge in [0.1, 0.15) is 0 Å². The van der Waals surface area contributed by atoms with Crippen molar-refractivity contribution < 1.29 is 13.2 Å². The fourth-order valence-electron chi connectivity index (χ4n) is 2.18. The van der Waals surface area contributed by atoms with Crippen molar-refractivity contribution in [1.82, 2.24) is 14.7 Å². The van der Waals surface area contributed by atoms with Gasteiger partial charge in [0.05, 0.1) is 10.6 Å². The van der Waals surface area contributed by atoms with Crippen LogP contribution in [0.5, 0.6) is 0 Å². The average molecular weight is 395 g/mol. The summed E-state index contributed by atoms with van der Waals surface area (Å²) in [5, 5.41) is 3.28. The Kier molecular flexibility index (Phi) is 6.74. The highest BCUT2D eigenvalue weighted by molar-refractivity contribution is 7.99. The van der Waals surface area contributed by atoms with E-state index >= 15 is 0 Å². The highest BCUT2D eigenvalue weighted by atomic mass is 32.2. The molecular weight excluding hydrogens is 372 g/mol. The van der Waals surface area contributed by atoms with Crippen LogP contribution in [0.4, 0.5) is 5.69 Å². The molecule has 1 heterocycles. The number of sulfonamides is 1. The molecule has 0 aliphatic carbocycles. The molecule has 1 amide bonds. The number of thioether (sulfide) groups is 1. The average Bonchev–Trinajstić information content (AvgIpc) is 2.51. The lowest BCUT2D eigenvalue weighted by Gasteiger charge is -2.10. The SMILES string of the molecule is Cc1cc(C)nc(SCC(=O)Nc2ccc(S(=O)(=O)NC(C)C)cc2)n1. The van der Waals surface area contributed by atoms with Gasteiger partial charge in [0.2, 0.25) is 15.9 Å².